The van der Waals surface area contributed by atoms with Crippen molar-refractivity contribution in [1.82, 2.24) is 0 Å². The molecule has 21 heavy (non-hydrogen) atoms. The minimum atomic E-state index is -4.60. The van der Waals surface area contributed by atoms with Crippen molar-refractivity contribution in [3.8, 4) is 5.75 Å². The van der Waals surface area contributed by atoms with E-state index < -0.39 is 23.6 Å². The van der Waals surface area contributed by atoms with Crippen LogP contribution in [-0.2, 0) is 12.6 Å². The average molecular weight is 299 g/mol. The summed E-state index contributed by atoms with van der Waals surface area (Å²) in [4.78, 5) is 0. The fourth-order valence-corrected chi connectivity index (χ4v) is 2.15. The minimum absolute atomic E-state index is 0.00464. The molecule has 0 saturated carbocycles. The van der Waals surface area contributed by atoms with Crippen LogP contribution in [0, 0.1) is 5.82 Å². The second-order valence-electron chi connectivity index (χ2n) is 4.71. The van der Waals surface area contributed by atoms with Crippen molar-refractivity contribution in [2.45, 2.75) is 18.6 Å². The van der Waals surface area contributed by atoms with Gasteiger partial charge >= 0.3 is 6.18 Å². The van der Waals surface area contributed by atoms with E-state index in [2.05, 4.69) is 0 Å². The lowest BCUT2D eigenvalue weighted by Gasteiger charge is -2.18. The molecule has 0 aliphatic heterocycles. The molecule has 0 aliphatic carbocycles. The molecule has 2 aromatic carbocycles. The quantitative estimate of drug-likeness (QED) is 0.847. The molecule has 1 unspecified atom stereocenters. The van der Waals surface area contributed by atoms with Gasteiger partial charge in [0, 0.05) is 6.04 Å². The Morgan fingerprint density at radius 3 is 2.43 bits per heavy atom. The molecule has 0 radical (unpaired) electrons. The normalized spacial score (nSPS) is 13.2. The van der Waals surface area contributed by atoms with Crippen molar-refractivity contribution in [2.75, 3.05) is 0 Å². The highest BCUT2D eigenvalue weighted by Crippen LogP contribution is 2.35. The first-order valence-corrected chi connectivity index (χ1v) is 6.17. The maximum atomic E-state index is 13.2. The number of aromatic hydroxyl groups is 1. The lowest BCUT2D eigenvalue weighted by molar-refractivity contribution is -0.138. The first kappa shape index (κ1) is 15.3. The number of phenolic OH excluding ortho intramolecular Hbond substituents is 1. The molecule has 0 saturated heterocycles. The van der Waals surface area contributed by atoms with Crippen molar-refractivity contribution < 1.29 is 22.7 Å². The fraction of sp³-hybridized carbons (Fsp3) is 0.200. The number of hydrogen-bond acceptors (Lipinski definition) is 2. The molecule has 0 fully saturated rings. The third-order valence-electron chi connectivity index (χ3n) is 3.08. The van der Waals surface area contributed by atoms with Crippen molar-refractivity contribution >= 4 is 0 Å². The molecular formula is C15H13F4NO. The van der Waals surface area contributed by atoms with Crippen LogP contribution in [0.3, 0.4) is 0 Å². The zero-order valence-electron chi connectivity index (χ0n) is 10.9. The molecule has 1 atom stereocenters. The summed E-state index contributed by atoms with van der Waals surface area (Å²) in [6, 6.07) is 7.26. The van der Waals surface area contributed by atoms with Crippen molar-refractivity contribution in [3.63, 3.8) is 0 Å². The van der Waals surface area contributed by atoms with Gasteiger partial charge in [-0.25, -0.2) is 4.39 Å². The Labute approximate surface area is 118 Å². The number of benzene rings is 2. The van der Waals surface area contributed by atoms with E-state index in [9.17, 15) is 22.7 Å². The predicted molar refractivity (Wildman–Crippen MR) is 70.1 cm³/mol. The largest absolute Gasteiger partial charge is 0.508 e. The van der Waals surface area contributed by atoms with E-state index in [-0.39, 0.29) is 17.7 Å². The molecule has 0 heterocycles. The van der Waals surface area contributed by atoms with E-state index in [1.807, 2.05) is 0 Å². The molecule has 112 valence electrons. The van der Waals surface area contributed by atoms with Gasteiger partial charge < -0.3 is 10.8 Å². The molecule has 2 rings (SSSR count). The Morgan fingerprint density at radius 1 is 1.10 bits per heavy atom. The van der Waals surface area contributed by atoms with Crippen molar-refractivity contribution in [2.24, 2.45) is 5.73 Å². The van der Waals surface area contributed by atoms with E-state index in [1.165, 1.54) is 12.1 Å². The topological polar surface area (TPSA) is 46.2 Å². The van der Waals surface area contributed by atoms with Gasteiger partial charge in [0.1, 0.15) is 11.6 Å². The monoisotopic (exact) mass is 299 g/mol. The second kappa shape index (κ2) is 5.73. The van der Waals surface area contributed by atoms with Gasteiger partial charge in [0.15, 0.2) is 0 Å². The summed E-state index contributed by atoms with van der Waals surface area (Å²) in [5, 5.41) is 9.34. The van der Waals surface area contributed by atoms with Crippen LogP contribution in [0.15, 0.2) is 42.5 Å². The van der Waals surface area contributed by atoms with E-state index in [1.54, 1.807) is 12.1 Å². The first-order chi connectivity index (χ1) is 9.77. The summed E-state index contributed by atoms with van der Waals surface area (Å²) >= 11 is 0. The number of hydrogen-bond donors (Lipinski definition) is 2. The van der Waals surface area contributed by atoms with Crippen LogP contribution in [0.1, 0.15) is 22.7 Å². The van der Waals surface area contributed by atoms with Gasteiger partial charge in [0.2, 0.25) is 0 Å². The fourth-order valence-electron chi connectivity index (χ4n) is 2.15. The molecule has 0 spiro atoms. The molecule has 2 nitrogen and oxygen atoms in total. The summed E-state index contributed by atoms with van der Waals surface area (Å²) < 4.78 is 52.0. The number of rotatable bonds is 3. The number of alkyl halides is 3. The first-order valence-electron chi connectivity index (χ1n) is 6.17. The van der Waals surface area contributed by atoms with Gasteiger partial charge in [-0.05, 0) is 47.9 Å². The third kappa shape index (κ3) is 3.72. The van der Waals surface area contributed by atoms with E-state index in [4.69, 9.17) is 5.73 Å². The van der Waals surface area contributed by atoms with Crippen molar-refractivity contribution in [3.05, 3.63) is 65.0 Å². The maximum absolute atomic E-state index is 13.2. The van der Waals surface area contributed by atoms with Gasteiger partial charge in [-0.2, -0.15) is 13.2 Å². The minimum Gasteiger partial charge on any atom is -0.508 e. The van der Waals surface area contributed by atoms with Gasteiger partial charge in [0.25, 0.3) is 0 Å². The Bertz CT molecular complexity index is 640. The predicted octanol–water partition coefficient (Wildman–Crippen LogP) is 3.79. The summed E-state index contributed by atoms with van der Waals surface area (Å²) in [5.41, 5.74) is 5.12. The van der Waals surface area contributed by atoms with Gasteiger partial charge in [-0.1, -0.05) is 12.1 Å². The van der Waals surface area contributed by atoms with Crippen LogP contribution in [0.5, 0.6) is 5.75 Å². The standard InChI is InChI=1S/C15H13F4NO/c16-10-4-5-13(15(17,18)19)12(8-10)14(20)7-9-2-1-3-11(21)6-9/h1-6,8,14,21H,7,20H2. The Kier molecular flexibility index (Phi) is 4.18. The highest BCUT2D eigenvalue weighted by molar-refractivity contribution is 5.35. The molecule has 0 aromatic heterocycles. The highest BCUT2D eigenvalue weighted by Gasteiger charge is 2.34. The third-order valence-corrected chi connectivity index (χ3v) is 3.08. The maximum Gasteiger partial charge on any atom is 0.416 e. The molecular weight excluding hydrogens is 286 g/mol. The highest BCUT2D eigenvalue weighted by atomic mass is 19.4. The van der Waals surface area contributed by atoms with Gasteiger partial charge in [-0.3, -0.25) is 0 Å². The van der Waals surface area contributed by atoms with E-state index in [0.29, 0.717) is 11.6 Å². The Hall–Kier alpha value is -2.08. The van der Waals surface area contributed by atoms with Gasteiger partial charge in [-0.15, -0.1) is 0 Å². The van der Waals surface area contributed by atoms with Crippen LogP contribution in [0.4, 0.5) is 17.6 Å². The molecule has 2 aromatic rings. The zero-order chi connectivity index (χ0) is 15.6. The van der Waals surface area contributed by atoms with E-state index >= 15 is 0 Å². The van der Waals surface area contributed by atoms with Gasteiger partial charge in [0.05, 0.1) is 5.56 Å². The SMILES string of the molecule is NC(Cc1cccc(O)c1)c1cc(F)ccc1C(F)(F)F. The summed E-state index contributed by atoms with van der Waals surface area (Å²) in [6.45, 7) is 0. The van der Waals surface area contributed by atoms with Crippen LogP contribution in [0.2, 0.25) is 0 Å². The summed E-state index contributed by atoms with van der Waals surface area (Å²) in [5.74, 6) is -0.778. The molecule has 3 N–H and O–H groups in total. The summed E-state index contributed by atoms with van der Waals surface area (Å²) in [6.07, 6.45) is -4.54. The molecule has 0 bridgehead atoms. The van der Waals surface area contributed by atoms with E-state index in [0.717, 1.165) is 12.1 Å². The van der Waals surface area contributed by atoms with Crippen LogP contribution in [0.25, 0.3) is 0 Å². The zero-order valence-corrected chi connectivity index (χ0v) is 10.9. The number of phenols is 1. The molecule has 0 aliphatic rings. The Morgan fingerprint density at radius 2 is 1.81 bits per heavy atom. The second-order valence-corrected chi connectivity index (χ2v) is 4.71. The number of nitrogens with two attached hydrogens (primary N) is 1. The summed E-state index contributed by atoms with van der Waals surface area (Å²) in [7, 11) is 0. The number of halogens is 4. The molecule has 6 heteroatoms. The smallest absolute Gasteiger partial charge is 0.416 e. The van der Waals surface area contributed by atoms with Crippen LogP contribution in [-0.4, -0.2) is 5.11 Å². The molecule has 0 amide bonds. The van der Waals surface area contributed by atoms with Crippen LogP contribution >= 0.6 is 0 Å². The lowest BCUT2D eigenvalue weighted by Crippen LogP contribution is -2.19. The average Bonchev–Trinajstić information content (AvgIpc) is 2.37. The lowest BCUT2D eigenvalue weighted by atomic mass is 9.95. The van der Waals surface area contributed by atoms with Crippen molar-refractivity contribution in [1.29, 1.82) is 0 Å². The Balaban J connectivity index is 2.34. The van der Waals surface area contributed by atoms with Crippen LogP contribution < -0.4 is 5.73 Å².